The molecule has 5 nitrogen and oxygen atoms in total. The first-order chi connectivity index (χ1) is 6.97. The van der Waals surface area contributed by atoms with E-state index in [4.69, 9.17) is 17.3 Å². The zero-order valence-electron chi connectivity index (χ0n) is 7.28. The van der Waals surface area contributed by atoms with Gasteiger partial charge in [-0.1, -0.05) is 0 Å². The van der Waals surface area contributed by atoms with E-state index in [2.05, 4.69) is 4.98 Å². The summed E-state index contributed by atoms with van der Waals surface area (Å²) in [6.07, 6.45) is -3.01. The predicted molar refractivity (Wildman–Crippen MR) is 49.8 cm³/mol. The number of nitrogens with two attached hydrogens (primary N) is 1. The summed E-state index contributed by atoms with van der Waals surface area (Å²) in [7, 11) is 0. The van der Waals surface area contributed by atoms with Gasteiger partial charge >= 0.3 is 0 Å². The average molecular weight is 238 g/mol. The fourth-order valence-corrected chi connectivity index (χ4v) is 1.31. The van der Waals surface area contributed by atoms with E-state index in [1.54, 1.807) is 0 Å². The lowest BCUT2D eigenvalue weighted by molar-refractivity contribution is -0.386. The fraction of sp³-hybridized carbons (Fsp3) is 0.286. The number of hydrogen-bond acceptors (Lipinski definition) is 4. The Bertz CT molecular complexity index is 400. The molecule has 0 fully saturated rings. The highest BCUT2D eigenvalue weighted by Crippen LogP contribution is 2.33. The van der Waals surface area contributed by atoms with Crippen molar-refractivity contribution < 1.29 is 13.7 Å². The molecular formula is C7H6ClF2N3O2. The lowest BCUT2D eigenvalue weighted by atomic mass is 10.1. The molecule has 2 N–H and O–H groups in total. The Morgan fingerprint density at radius 3 is 2.67 bits per heavy atom. The second kappa shape index (κ2) is 4.35. The molecule has 0 aliphatic rings. The molecule has 0 saturated carbocycles. The second-order valence-electron chi connectivity index (χ2n) is 2.62. The molecule has 0 bridgehead atoms. The largest absolute Gasteiger partial charge is 0.383 e. The van der Waals surface area contributed by atoms with Crippen LogP contribution in [0.1, 0.15) is 17.7 Å². The van der Waals surface area contributed by atoms with Crippen LogP contribution in [-0.4, -0.2) is 9.91 Å². The summed E-state index contributed by atoms with van der Waals surface area (Å²) in [6.45, 7) is 0. The van der Waals surface area contributed by atoms with E-state index in [1.807, 2.05) is 0 Å². The van der Waals surface area contributed by atoms with Crippen molar-refractivity contribution in [2.75, 3.05) is 5.73 Å². The summed E-state index contributed by atoms with van der Waals surface area (Å²) in [6, 6.07) is 0.789. The van der Waals surface area contributed by atoms with Crippen molar-refractivity contribution in [1.82, 2.24) is 4.98 Å². The van der Waals surface area contributed by atoms with Gasteiger partial charge < -0.3 is 5.73 Å². The number of anilines is 1. The Kier molecular flexibility index (Phi) is 3.35. The minimum Gasteiger partial charge on any atom is -0.383 e. The normalized spacial score (nSPS) is 10.7. The summed E-state index contributed by atoms with van der Waals surface area (Å²) in [5.41, 5.74) is 3.43. The maximum absolute atomic E-state index is 12.5. The van der Waals surface area contributed by atoms with Crippen LogP contribution in [0.3, 0.4) is 0 Å². The number of nitro groups is 1. The van der Waals surface area contributed by atoms with E-state index in [-0.39, 0.29) is 17.4 Å². The van der Waals surface area contributed by atoms with Crippen molar-refractivity contribution in [2.24, 2.45) is 0 Å². The Hall–Kier alpha value is -1.50. The minimum absolute atomic E-state index is 0.207. The van der Waals surface area contributed by atoms with Crippen molar-refractivity contribution in [2.45, 2.75) is 12.3 Å². The number of halogens is 3. The molecular weight excluding hydrogens is 232 g/mol. The van der Waals surface area contributed by atoms with Crippen molar-refractivity contribution >= 4 is 23.1 Å². The maximum atomic E-state index is 12.5. The van der Waals surface area contributed by atoms with Crippen molar-refractivity contribution in [1.29, 1.82) is 0 Å². The van der Waals surface area contributed by atoms with Gasteiger partial charge in [0.1, 0.15) is 11.4 Å². The molecule has 1 aromatic rings. The van der Waals surface area contributed by atoms with Crippen LogP contribution in [0.4, 0.5) is 20.3 Å². The third-order valence-electron chi connectivity index (χ3n) is 1.68. The monoisotopic (exact) mass is 237 g/mol. The zero-order chi connectivity index (χ0) is 11.6. The van der Waals surface area contributed by atoms with Gasteiger partial charge in [0.05, 0.1) is 22.6 Å². The number of aromatic nitrogens is 1. The smallest absolute Gasteiger partial charge is 0.283 e. The van der Waals surface area contributed by atoms with Crippen LogP contribution < -0.4 is 5.73 Å². The van der Waals surface area contributed by atoms with E-state index < -0.39 is 22.6 Å². The molecule has 0 aliphatic heterocycles. The number of alkyl halides is 3. The Labute approximate surface area is 88.0 Å². The third kappa shape index (κ3) is 2.30. The summed E-state index contributed by atoms with van der Waals surface area (Å²) < 4.78 is 25.0. The Morgan fingerprint density at radius 1 is 1.67 bits per heavy atom. The van der Waals surface area contributed by atoms with Gasteiger partial charge in [-0.3, -0.25) is 10.1 Å². The molecule has 0 saturated heterocycles. The van der Waals surface area contributed by atoms with Crippen molar-refractivity contribution in [3.63, 3.8) is 0 Å². The van der Waals surface area contributed by atoms with Crippen LogP contribution in [0, 0.1) is 10.1 Å². The van der Waals surface area contributed by atoms with Crippen LogP contribution in [0.25, 0.3) is 0 Å². The number of hydrogen-bond donors (Lipinski definition) is 1. The molecule has 82 valence electrons. The molecule has 0 unspecified atom stereocenters. The van der Waals surface area contributed by atoms with E-state index in [1.165, 1.54) is 0 Å². The molecule has 0 aromatic carbocycles. The van der Waals surface area contributed by atoms with Crippen molar-refractivity contribution in [3.05, 3.63) is 27.4 Å². The lowest BCUT2D eigenvalue weighted by Crippen LogP contribution is -2.05. The highest BCUT2D eigenvalue weighted by molar-refractivity contribution is 6.17. The summed E-state index contributed by atoms with van der Waals surface area (Å²) >= 11 is 5.35. The first kappa shape index (κ1) is 11.6. The van der Waals surface area contributed by atoms with E-state index in [0.29, 0.717) is 0 Å². The molecule has 0 aliphatic carbocycles. The van der Waals surface area contributed by atoms with Gasteiger partial charge in [-0.2, -0.15) is 0 Å². The van der Waals surface area contributed by atoms with Gasteiger partial charge in [0.15, 0.2) is 0 Å². The second-order valence-corrected chi connectivity index (χ2v) is 2.89. The fourth-order valence-electron chi connectivity index (χ4n) is 1.10. The third-order valence-corrected chi connectivity index (χ3v) is 1.93. The standard InChI is InChI=1S/C7H6ClF2N3O2/c8-2-3-6(7(9)10)4(13(14)15)1-5(11)12-3/h1,7H,2H2,(H2,11,12). The molecule has 8 heteroatoms. The molecule has 15 heavy (non-hydrogen) atoms. The van der Waals surface area contributed by atoms with Gasteiger partial charge in [-0.25, -0.2) is 13.8 Å². The van der Waals surface area contributed by atoms with Crippen LogP contribution in [0.15, 0.2) is 6.07 Å². The molecule has 0 atom stereocenters. The number of rotatable bonds is 3. The first-order valence-electron chi connectivity index (χ1n) is 3.75. The molecule has 1 rings (SSSR count). The lowest BCUT2D eigenvalue weighted by Gasteiger charge is -2.06. The predicted octanol–water partition coefficient (Wildman–Crippen LogP) is 2.25. The van der Waals surface area contributed by atoms with Gasteiger partial charge in [0.2, 0.25) is 0 Å². The van der Waals surface area contributed by atoms with Crippen LogP contribution in [-0.2, 0) is 5.88 Å². The summed E-state index contributed by atoms with van der Waals surface area (Å²) in [4.78, 5) is 13.1. The highest BCUT2D eigenvalue weighted by Gasteiger charge is 2.26. The Balaban J connectivity index is 3.47. The quantitative estimate of drug-likeness (QED) is 0.497. The maximum Gasteiger partial charge on any atom is 0.283 e. The van der Waals surface area contributed by atoms with E-state index in [0.717, 1.165) is 6.07 Å². The molecule has 1 heterocycles. The van der Waals surface area contributed by atoms with Gasteiger partial charge in [0.25, 0.3) is 12.1 Å². The summed E-state index contributed by atoms with van der Waals surface area (Å²) in [5.74, 6) is -0.562. The number of nitrogens with zero attached hydrogens (tertiary/aromatic N) is 2. The zero-order valence-corrected chi connectivity index (χ0v) is 8.04. The highest BCUT2D eigenvalue weighted by atomic mass is 35.5. The first-order valence-corrected chi connectivity index (χ1v) is 4.28. The van der Waals surface area contributed by atoms with Crippen molar-refractivity contribution in [3.8, 4) is 0 Å². The van der Waals surface area contributed by atoms with Crippen LogP contribution >= 0.6 is 11.6 Å². The topological polar surface area (TPSA) is 82.0 Å². The van der Waals surface area contributed by atoms with Gasteiger partial charge in [-0.05, 0) is 0 Å². The number of pyridine rings is 1. The molecule has 1 aromatic heterocycles. The van der Waals surface area contributed by atoms with Gasteiger partial charge in [-0.15, -0.1) is 11.6 Å². The van der Waals surface area contributed by atoms with Crippen LogP contribution in [0.2, 0.25) is 0 Å². The average Bonchev–Trinajstić information content (AvgIpc) is 2.15. The molecule has 0 radical (unpaired) electrons. The van der Waals surface area contributed by atoms with E-state index >= 15 is 0 Å². The van der Waals surface area contributed by atoms with E-state index in [9.17, 15) is 18.9 Å². The van der Waals surface area contributed by atoms with Crippen LogP contribution in [0.5, 0.6) is 0 Å². The molecule has 0 amide bonds. The Morgan fingerprint density at radius 2 is 2.27 bits per heavy atom. The summed E-state index contributed by atoms with van der Waals surface area (Å²) in [5, 5.41) is 10.5. The van der Waals surface area contributed by atoms with Gasteiger partial charge in [0, 0.05) is 0 Å². The minimum atomic E-state index is -3.01. The number of nitrogen functional groups attached to an aromatic ring is 1. The SMILES string of the molecule is Nc1cc([N+](=O)[O-])c(C(F)F)c(CCl)n1. The molecule has 0 spiro atoms.